The van der Waals surface area contributed by atoms with Crippen LogP contribution in [-0.4, -0.2) is 21.8 Å². The van der Waals surface area contributed by atoms with Crippen LogP contribution < -0.4 is 10.6 Å². The van der Waals surface area contributed by atoms with E-state index in [1.165, 1.54) is 41.2 Å². The quantitative estimate of drug-likeness (QED) is 0.392. The number of aryl methyl sites for hydroxylation is 1. The number of amides is 2. The number of thiazole rings is 2. The highest BCUT2D eigenvalue weighted by atomic mass is 32.1. The zero-order valence-corrected chi connectivity index (χ0v) is 18.9. The van der Waals surface area contributed by atoms with Gasteiger partial charge in [-0.15, -0.1) is 22.7 Å². The summed E-state index contributed by atoms with van der Waals surface area (Å²) in [5.74, 6) is -1.03. The molecule has 4 rings (SSSR count). The van der Waals surface area contributed by atoms with Gasteiger partial charge in [0.05, 0.1) is 17.8 Å². The Kier molecular flexibility index (Phi) is 6.38. The molecule has 0 saturated heterocycles. The molecular weight excluding hydrogens is 447 g/mol. The number of hydrogen-bond donors (Lipinski definition) is 2. The summed E-state index contributed by atoms with van der Waals surface area (Å²) in [6, 6.07) is 12.5. The first-order valence-corrected chi connectivity index (χ1v) is 11.5. The van der Waals surface area contributed by atoms with Gasteiger partial charge in [0.1, 0.15) is 10.8 Å². The Morgan fingerprint density at radius 2 is 1.78 bits per heavy atom. The van der Waals surface area contributed by atoms with E-state index in [4.69, 9.17) is 0 Å². The van der Waals surface area contributed by atoms with Crippen molar-refractivity contribution < 1.29 is 14.0 Å². The van der Waals surface area contributed by atoms with E-state index in [2.05, 4.69) is 20.6 Å². The second-order valence-electron chi connectivity index (χ2n) is 7.15. The molecule has 0 radical (unpaired) electrons. The topological polar surface area (TPSA) is 84.0 Å². The molecule has 0 atom stereocenters. The normalized spacial score (nSPS) is 10.7. The molecule has 2 N–H and O–H groups in total. The van der Waals surface area contributed by atoms with Crippen molar-refractivity contribution in [2.75, 3.05) is 10.6 Å². The van der Waals surface area contributed by atoms with Crippen molar-refractivity contribution in [3.8, 4) is 21.8 Å². The minimum absolute atomic E-state index is 0.122. The number of nitrogens with one attached hydrogen (secondary N) is 2. The lowest BCUT2D eigenvalue weighted by Gasteiger charge is -2.05. The molecule has 9 heteroatoms. The van der Waals surface area contributed by atoms with Crippen molar-refractivity contribution in [2.45, 2.75) is 20.3 Å². The van der Waals surface area contributed by atoms with Crippen LogP contribution in [0.25, 0.3) is 21.8 Å². The predicted molar refractivity (Wildman–Crippen MR) is 126 cm³/mol. The maximum absolute atomic E-state index is 14.4. The van der Waals surface area contributed by atoms with Gasteiger partial charge in [0.15, 0.2) is 5.13 Å². The van der Waals surface area contributed by atoms with E-state index in [1.54, 1.807) is 17.5 Å². The third kappa shape index (κ3) is 5.24. The van der Waals surface area contributed by atoms with Gasteiger partial charge in [-0.3, -0.25) is 9.59 Å². The van der Waals surface area contributed by atoms with E-state index >= 15 is 0 Å². The van der Waals surface area contributed by atoms with Crippen LogP contribution in [0.2, 0.25) is 0 Å². The van der Waals surface area contributed by atoms with Gasteiger partial charge in [-0.05, 0) is 25.1 Å². The molecule has 2 amide bonds. The van der Waals surface area contributed by atoms with Gasteiger partial charge in [0.25, 0.3) is 0 Å². The largest absolute Gasteiger partial charge is 0.326 e. The fourth-order valence-corrected chi connectivity index (χ4v) is 4.56. The predicted octanol–water partition coefficient (Wildman–Crippen LogP) is 5.52. The zero-order chi connectivity index (χ0) is 22.7. The van der Waals surface area contributed by atoms with Crippen LogP contribution in [0.15, 0.2) is 53.2 Å². The summed E-state index contributed by atoms with van der Waals surface area (Å²) in [5.41, 5.74) is 3.94. The molecule has 0 fully saturated rings. The first-order valence-electron chi connectivity index (χ1n) is 9.72. The Morgan fingerprint density at radius 1 is 1.00 bits per heavy atom. The molecule has 0 aliphatic rings. The molecule has 0 spiro atoms. The highest BCUT2D eigenvalue weighted by Crippen LogP contribution is 2.29. The van der Waals surface area contributed by atoms with E-state index in [0.717, 1.165) is 10.6 Å². The molecular formula is C23H19FN4O2S2. The standard InChI is InChI=1S/C23H19FN4O2S2/c1-13-3-5-15(6-4-13)22-26-17(11-31-22)10-21(30)28-23-27-20(12-32-23)18-8-7-16(9-19(18)24)25-14(2)29/h3-9,11-12H,10H2,1-2H3,(H,25,29)(H,27,28,30). The Hall–Kier alpha value is -3.43. The fraction of sp³-hybridized carbons (Fsp3) is 0.130. The molecule has 2 aromatic carbocycles. The molecule has 6 nitrogen and oxygen atoms in total. The van der Waals surface area contributed by atoms with Gasteiger partial charge >= 0.3 is 0 Å². The SMILES string of the molecule is CC(=O)Nc1ccc(-c2csc(NC(=O)Cc3csc(-c4ccc(C)cc4)n3)n2)c(F)c1. The Labute approximate surface area is 192 Å². The molecule has 0 aliphatic heterocycles. The van der Waals surface area contributed by atoms with Crippen LogP contribution in [0.5, 0.6) is 0 Å². The summed E-state index contributed by atoms with van der Waals surface area (Å²) in [4.78, 5) is 32.4. The van der Waals surface area contributed by atoms with Crippen LogP contribution in [0.1, 0.15) is 18.2 Å². The first-order chi connectivity index (χ1) is 15.4. The molecule has 0 unspecified atom stereocenters. The minimum atomic E-state index is -0.509. The molecule has 32 heavy (non-hydrogen) atoms. The van der Waals surface area contributed by atoms with E-state index in [-0.39, 0.29) is 23.8 Å². The number of benzene rings is 2. The van der Waals surface area contributed by atoms with Crippen molar-refractivity contribution in [3.63, 3.8) is 0 Å². The molecule has 0 bridgehead atoms. The van der Waals surface area contributed by atoms with Crippen LogP contribution in [0.4, 0.5) is 15.2 Å². The first kappa shape index (κ1) is 21.8. The monoisotopic (exact) mass is 466 g/mol. The number of hydrogen-bond acceptors (Lipinski definition) is 6. The third-order valence-electron chi connectivity index (χ3n) is 4.51. The summed E-state index contributed by atoms with van der Waals surface area (Å²) in [5, 5.41) is 10.1. The van der Waals surface area contributed by atoms with Crippen molar-refractivity contribution >= 4 is 45.3 Å². The second kappa shape index (κ2) is 9.37. The maximum atomic E-state index is 14.4. The zero-order valence-electron chi connectivity index (χ0n) is 17.3. The average molecular weight is 467 g/mol. The lowest BCUT2D eigenvalue weighted by molar-refractivity contribution is -0.116. The third-order valence-corrected chi connectivity index (χ3v) is 6.21. The number of carbonyl (C=O) groups is 2. The summed E-state index contributed by atoms with van der Waals surface area (Å²) < 4.78 is 14.4. The van der Waals surface area contributed by atoms with E-state index in [1.807, 2.05) is 36.6 Å². The van der Waals surface area contributed by atoms with Gasteiger partial charge < -0.3 is 10.6 Å². The summed E-state index contributed by atoms with van der Waals surface area (Å²) >= 11 is 2.71. The fourth-order valence-electron chi connectivity index (χ4n) is 3.00. The van der Waals surface area contributed by atoms with Gasteiger partial charge in [-0.25, -0.2) is 14.4 Å². The summed E-state index contributed by atoms with van der Waals surface area (Å²) in [6.45, 7) is 3.39. The Balaban J connectivity index is 1.40. The van der Waals surface area contributed by atoms with Gasteiger partial charge in [-0.1, -0.05) is 29.8 Å². The van der Waals surface area contributed by atoms with Crippen LogP contribution in [-0.2, 0) is 16.0 Å². The number of carbonyl (C=O) groups excluding carboxylic acids is 2. The van der Waals surface area contributed by atoms with Crippen molar-refractivity contribution in [3.05, 3.63) is 70.3 Å². The van der Waals surface area contributed by atoms with Crippen molar-refractivity contribution in [1.82, 2.24) is 9.97 Å². The number of aromatic nitrogens is 2. The average Bonchev–Trinajstić information content (AvgIpc) is 3.38. The molecule has 2 heterocycles. The van der Waals surface area contributed by atoms with Crippen LogP contribution in [0, 0.1) is 12.7 Å². The van der Waals surface area contributed by atoms with E-state index in [0.29, 0.717) is 22.2 Å². The molecule has 2 aromatic heterocycles. The highest BCUT2D eigenvalue weighted by molar-refractivity contribution is 7.14. The lowest BCUT2D eigenvalue weighted by Crippen LogP contribution is -2.14. The molecule has 4 aromatic rings. The molecule has 0 saturated carbocycles. The van der Waals surface area contributed by atoms with E-state index in [9.17, 15) is 14.0 Å². The number of rotatable bonds is 6. The van der Waals surface area contributed by atoms with Crippen molar-refractivity contribution in [1.29, 1.82) is 0 Å². The van der Waals surface area contributed by atoms with Crippen LogP contribution in [0.3, 0.4) is 0 Å². The number of halogens is 1. The molecule has 0 aliphatic carbocycles. The lowest BCUT2D eigenvalue weighted by atomic mass is 10.1. The maximum Gasteiger partial charge on any atom is 0.232 e. The summed E-state index contributed by atoms with van der Waals surface area (Å²) in [7, 11) is 0. The van der Waals surface area contributed by atoms with Gasteiger partial charge in [0.2, 0.25) is 11.8 Å². The smallest absolute Gasteiger partial charge is 0.232 e. The summed E-state index contributed by atoms with van der Waals surface area (Å²) in [6.07, 6.45) is 0.122. The Bertz CT molecular complexity index is 1280. The Morgan fingerprint density at radius 3 is 2.50 bits per heavy atom. The minimum Gasteiger partial charge on any atom is -0.326 e. The highest BCUT2D eigenvalue weighted by Gasteiger charge is 2.14. The number of nitrogens with zero attached hydrogens (tertiary/aromatic N) is 2. The second-order valence-corrected chi connectivity index (χ2v) is 8.86. The molecule has 162 valence electrons. The van der Waals surface area contributed by atoms with Crippen molar-refractivity contribution in [2.24, 2.45) is 0 Å². The van der Waals surface area contributed by atoms with E-state index < -0.39 is 5.82 Å². The van der Waals surface area contributed by atoms with Gasteiger partial charge in [0, 0.05) is 34.5 Å². The number of anilines is 2. The van der Waals surface area contributed by atoms with Crippen LogP contribution >= 0.6 is 22.7 Å². The van der Waals surface area contributed by atoms with Gasteiger partial charge in [-0.2, -0.15) is 0 Å².